The van der Waals surface area contributed by atoms with Crippen molar-refractivity contribution in [1.29, 1.82) is 0 Å². The first-order valence-corrected chi connectivity index (χ1v) is 8.23. The van der Waals surface area contributed by atoms with Crippen molar-refractivity contribution in [3.8, 4) is 0 Å². The molecule has 1 unspecified atom stereocenters. The first-order chi connectivity index (χ1) is 11.0. The lowest BCUT2D eigenvalue weighted by molar-refractivity contribution is -0.153. The van der Waals surface area contributed by atoms with Gasteiger partial charge in [-0.2, -0.15) is 0 Å². The second-order valence-electron chi connectivity index (χ2n) is 6.24. The van der Waals surface area contributed by atoms with Gasteiger partial charge in [-0.25, -0.2) is 4.39 Å². The van der Waals surface area contributed by atoms with Crippen LogP contribution in [0, 0.1) is 11.2 Å². The summed E-state index contributed by atoms with van der Waals surface area (Å²) in [6.45, 7) is 2.41. The molecule has 1 heterocycles. The van der Waals surface area contributed by atoms with Gasteiger partial charge in [-0.15, -0.1) is 0 Å². The van der Waals surface area contributed by atoms with Gasteiger partial charge in [-0.05, 0) is 49.9 Å². The molecule has 0 bridgehead atoms. The van der Waals surface area contributed by atoms with E-state index in [-0.39, 0.29) is 5.02 Å². The number of carboxylic acids is 1. The Kier molecular flexibility index (Phi) is 6.39. The van der Waals surface area contributed by atoms with Crippen LogP contribution in [0.3, 0.4) is 0 Å². The molecule has 2 rings (SSSR count). The van der Waals surface area contributed by atoms with Gasteiger partial charge >= 0.3 is 5.97 Å². The number of ether oxygens (including phenoxy) is 1. The minimum Gasteiger partial charge on any atom is -0.481 e. The summed E-state index contributed by atoms with van der Waals surface area (Å²) in [5, 5.41) is 9.81. The van der Waals surface area contributed by atoms with Crippen LogP contribution in [0.25, 0.3) is 0 Å². The lowest BCUT2D eigenvalue weighted by Gasteiger charge is -2.40. The molecular formula is C17H23ClFNO3. The maximum Gasteiger partial charge on any atom is 0.310 e. The number of methoxy groups -OCH3 is 1. The van der Waals surface area contributed by atoms with Crippen molar-refractivity contribution in [1.82, 2.24) is 4.90 Å². The zero-order chi connectivity index (χ0) is 16.9. The minimum absolute atomic E-state index is 0.104. The minimum atomic E-state index is -0.749. The molecule has 128 valence electrons. The zero-order valence-electron chi connectivity index (χ0n) is 13.4. The van der Waals surface area contributed by atoms with Crippen LogP contribution in [0.1, 0.15) is 31.2 Å². The fraction of sp³-hybridized carbons (Fsp3) is 0.588. The molecule has 0 spiro atoms. The van der Waals surface area contributed by atoms with Gasteiger partial charge in [0, 0.05) is 26.8 Å². The van der Waals surface area contributed by atoms with Gasteiger partial charge in [-0.3, -0.25) is 9.69 Å². The molecule has 1 atom stereocenters. The normalized spacial score (nSPS) is 22.2. The van der Waals surface area contributed by atoms with E-state index in [1.165, 1.54) is 6.07 Å². The summed E-state index contributed by atoms with van der Waals surface area (Å²) >= 11 is 5.70. The first kappa shape index (κ1) is 18.2. The molecule has 0 aliphatic carbocycles. The van der Waals surface area contributed by atoms with Crippen molar-refractivity contribution < 1.29 is 19.0 Å². The molecule has 23 heavy (non-hydrogen) atoms. The number of rotatable bonds is 7. The van der Waals surface area contributed by atoms with E-state index in [0.29, 0.717) is 32.5 Å². The Balaban J connectivity index is 2.05. The van der Waals surface area contributed by atoms with E-state index in [1.807, 2.05) is 0 Å². The Morgan fingerprint density at radius 2 is 2.30 bits per heavy atom. The second-order valence-corrected chi connectivity index (χ2v) is 6.65. The molecule has 0 aromatic heterocycles. The van der Waals surface area contributed by atoms with Crippen molar-refractivity contribution in [2.24, 2.45) is 5.41 Å². The lowest BCUT2D eigenvalue weighted by atomic mass is 9.76. The maximum atomic E-state index is 13.6. The summed E-state index contributed by atoms with van der Waals surface area (Å²) in [4.78, 5) is 13.9. The molecule has 0 amide bonds. The molecule has 6 heteroatoms. The summed E-state index contributed by atoms with van der Waals surface area (Å²) in [5.41, 5.74) is 0.0758. The number of carboxylic acid groups (broad SMARTS) is 1. The monoisotopic (exact) mass is 343 g/mol. The number of nitrogens with zero attached hydrogens (tertiary/aromatic N) is 1. The van der Waals surface area contributed by atoms with Gasteiger partial charge in [0.2, 0.25) is 0 Å². The van der Waals surface area contributed by atoms with E-state index in [1.54, 1.807) is 19.2 Å². The number of aliphatic carboxylic acids is 1. The largest absolute Gasteiger partial charge is 0.481 e. The fourth-order valence-corrected chi connectivity index (χ4v) is 3.42. The smallest absolute Gasteiger partial charge is 0.310 e. The highest BCUT2D eigenvalue weighted by Gasteiger charge is 2.41. The van der Waals surface area contributed by atoms with E-state index < -0.39 is 17.2 Å². The highest BCUT2D eigenvalue weighted by molar-refractivity contribution is 6.30. The van der Waals surface area contributed by atoms with Crippen LogP contribution in [0.4, 0.5) is 4.39 Å². The van der Waals surface area contributed by atoms with Crippen molar-refractivity contribution in [3.05, 3.63) is 34.6 Å². The van der Waals surface area contributed by atoms with Crippen LogP contribution in [0.15, 0.2) is 18.2 Å². The van der Waals surface area contributed by atoms with Gasteiger partial charge in [0.05, 0.1) is 10.4 Å². The Morgan fingerprint density at radius 3 is 2.96 bits per heavy atom. The Labute approximate surface area is 141 Å². The first-order valence-electron chi connectivity index (χ1n) is 7.85. The molecule has 1 aromatic carbocycles. The van der Waals surface area contributed by atoms with Gasteiger partial charge in [0.1, 0.15) is 5.82 Å². The van der Waals surface area contributed by atoms with Crippen molar-refractivity contribution in [3.63, 3.8) is 0 Å². The molecule has 1 saturated heterocycles. The number of hydrogen-bond acceptors (Lipinski definition) is 3. The van der Waals surface area contributed by atoms with E-state index in [2.05, 4.69) is 4.90 Å². The molecule has 1 aromatic rings. The Morgan fingerprint density at radius 1 is 1.52 bits per heavy atom. The topological polar surface area (TPSA) is 49.8 Å². The maximum absolute atomic E-state index is 13.6. The van der Waals surface area contributed by atoms with Crippen LogP contribution in [-0.4, -0.2) is 42.8 Å². The molecule has 4 nitrogen and oxygen atoms in total. The second kappa shape index (κ2) is 8.08. The molecule has 1 fully saturated rings. The Bertz CT molecular complexity index is 555. The van der Waals surface area contributed by atoms with Crippen molar-refractivity contribution >= 4 is 17.6 Å². The summed E-state index contributed by atoms with van der Waals surface area (Å²) < 4.78 is 18.6. The molecule has 0 radical (unpaired) electrons. The number of halogens is 2. The summed E-state index contributed by atoms with van der Waals surface area (Å²) in [6.07, 6.45) is 2.83. The van der Waals surface area contributed by atoms with E-state index in [9.17, 15) is 14.3 Å². The van der Waals surface area contributed by atoms with Crippen molar-refractivity contribution in [2.75, 3.05) is 26.8 Å². The predicted octanol–water partition coefficient (Wildman–Crippen LogP) is 3.57. The standard InChI is InChI=1S/C17H23ClFNO3/c1-23-9-3-7-17(16(21)22)6-2-8-20(12-17)11-13-4-5-14(18)15(19)10-13/h4-5,10H,2-3,6-9,11-12H2,1H3,(H,21,22). The van der Waals surface area contributed by atoms with Crippen LogP contribution in [0.2, 0.25) is 5.02 Å². The van der Waals surface area contributed by atoms with Crippen LogP contribution in [0.5, 0.6) is 0 Å². The van der Waals surface area contributed by atoms with Gasteiger partial charge in [-0.1, -0.05) is 17.7 Å². The predicted molar refractivity (Wildman–Crippen MR) is 87.1 cm³/mol. The quantitative estimate of drug-likeness (QED) is 0.769. The molecule has 1 aliphatic rings. The molecule has 1 N–H and O–H groups in total. The van der Waals surface area contributed by atoms with Gasteiger partial charge in [0.25, 0.3) is 0 Å². The Hall–Kier alpha value is -1.17. The van der Waals surface area contributed by atoms with Crippen LogP contribution in [-0.2, 0) is 16.1 Å². The van der Waals surface area contributed by atoms with Crippen LogP contribution >= 0.6 is 11.6 Å². The zero-order valence-corrected chi connectivity index (χ0v) is 14.1. The summed E-state index contributed by atoms with van der Waals surface area (Å²) in [5.74, 6) is -1.19. The number of hydrogen-bond donors (Lipinski definition) is 1. The number of carbonyl (C=O) groups is 1. The third-order valence-corrected chi connectivity index (χ3v) is 4.81. The highest BCUT2D eigenvalue weighted by Crippen LogP contribution is 2.35. The van der Waals surface area contributed by atoms with Gasteiger partial charge in [0.15, 0.2) is 0 Å². The van der Waals surface area contributed by atoms with E-state index in [0.717, 1.165) is 24.9 Å². The molecule has 1 aliphatic heterocycles. The summed E-state index contributed by atoms with van der Waals surface area (Å²) in [6, 6.07) is 4.75. The van der Waals surface area contributed by atoms with E-state index >= 15 is 0 Å². The van der Waals surface area contributed by atoms with Crippen molar-refractivity contribution in [2.45, 2.75) is 32.2 Å². The lowest BCUT2D eigenvalue weighted by Crippen LogP contribution is -2.47. The molecular weight excluding hydrogens is 321 g/mol. The average Bonchev–Trinajstić information content (AvgIpc) is 2.51. The number of piperidine rings is 1. The highest BCUT2D eigenvalue weighted by atomic mass is 35.5. The van der Waals surface area contributed by atoms with Gasteiger partial charge < -0.3 is 9.84 Å². The fourth-order valence-electron chi connectivity index (χ4n) is 3.30. The third kappa shape index (κ3) is 4.66. The molecule has 0 saturated carbocycles. The third-order valence-electron chi connectivity index (χ3n) is 4.50. The summed E-state index contributed by atoms with van der Waals surface area (Å²) in [7, 11) is 1.62. The van der Waals surface area contributed by atoms with Crippen LogP contribution < -0.4 is 0 Å². The van der Waals surface area contributed by atoms with E-state index in [4.69, 9.17) is 16.3 Å². The SMILES string of the molecule is COCCCC1(C(=O)O)CCCN(Cc2ccc(Cl)c(F)c2)C1. The number of benzene rings is 1. The average molecular weight is 344 g/mol. The number of likely N-dealkylation sites (tertiary alicyclic amines) is 1.